The molecule has 1 N–H and O–H groups in total. The van der Waals surface area contributed by atoms with Crippen molar-refractivity contribution in [3.05, 3.63) is 72.2 Å². The van der Waals surface area contributed by atoms with E-state index >= 15 is 0 Å². The number of nitrogens with zero attached hydrogens (tertiary/aromatic N) is 3. The summed E-state index contributed by atoms with van der Waals surface area (Å²) in [5, 5.41) is 2.62. The number of carbonyl (C=O) groups excluding carboxylic acids is 1. The third-order valence-corrected chi connectivity index (χ3v) is 3.04. The molecule has 0 saturated heterocycles. The molecule has 0 spiro atoms. The molecule has 1 amide bonds. The van der Waals surface area contributed by atoms with Crippen LogP contribution in [0.3, 0.4) is 0 Å². The van der Waals surface area contributed by atoms with Crippen LogP contribution in [0.2, 0.25) is 0 Å². The number of nitrogens with one attached hydrogen (secondary N) is 1. The minimum absolute atomic E-state index is 0.116. The fourth-order valence-electron chi connectivity index (χ4n) is 2.03. The minimum atomic E-state index is -0.591. The van der Waals surface area contributed by atoms with Gasteiger partial charge in [0.25, 0.3) is 5.91 Å². The van der Waals surface area contributed by atoms with Crippen LogP contribution in [0.5, 0.6) is 11.5 Å². The number of anilines is 1. The molecule has 0 radical (unpaired) electrons. The monoisotopic (exact) mass is 324 g/mol. The highest BCUT2D eigenvalue weighted by Crippen LogP contribution is 2.23. The van der Waals surface area contributed by atoms with E-state index in [1.165, 1.54) is 30.9 Å². The number of hydrogen-bond acceptors (Lipinski definition) is 5. The quantitative estimate of drug-likeness (QED) is 0.796. The zero-order valence-corrected chi connectivity index (χ0v) is 12.7. The average molecular weight is 324 g/mol. The fraction of sp³-hybridized carbons (Fsp3) is 0.0588. The van der Waals surface area contributed by atoms with Crippen LogP contribution in [-0.2, 0) is 0 Å². The van der Waals surface area contributed by atoms with Crippen LogP contribution in [0.25, 0.3) is 0 Å². The van der Waals surface area contributed by atoms with E-state index in [0.717, 1.165) is 11.8 Å². The van der Waals surface area contributed by atoms with Crippen molar-refractivity contribution in [3.63, 3.8) is 0 Å². The van der Waals surface area contributed by atoms with Gasteiger partial charge in [0.15, 0.2) is 5.75 Å². The van der Waals surface area contributed by atoms with E-state index < -0.39 is 11.7 Å². The van der Waals surface area contributed by atoms with Gasteiger partial charge in [-0.05, 0) is 31.2 Å². The molecule has 0 atom stereocenters. The lowest BCUT2D eigenvalue weighted by molar-refractivity contribution is 0.102. The normalized spacial score (nSPS) is 10.2. The molecular formula is C17H13FN4O2. The maximum atomic E-state index is 13.8. The summed E-state index contributed by atoms with van der Waals surface area (Å²) in [5.74, 6) is -0.168. The van der Waals surface area contributed by atoms with Gasteiger partial charge in [-0.1, -0.05) is 6.07 Å². The molecule has 0 aliphatic rings. The lowest BCUT2D eigenvalue weighted by atomic mass is 10.2. The Kier molecular flexibility index (Phi) is 4.42. The minimum Gasteiger partial charge on any atom is -0.454 e. The Labute approximate surface area is 137 Å². The first-order chi connectivity index (χ1) is 11.6. The van der Waals surface area contributed by atoms with Gasteiger partial charge in [-0.25, -0.2) is 19.3 Å². The first kappa shape index (κ1) is 15.5. The highest BCUT2D eigenvalue weighted by atomic mass is 19.1. The molecule has 1 aromatic carbocycles. The van der Waals surface area contributed by atoms with E-state index in [9.17, 15) is 9.18 Å². The number of amides is 1. The van der Waals surface area contributed by atoms with Gasteiger partial charge in [0.1, 0.15) is 23.7 Å². The van der Waals surface area contributed by atoms with Crippen molar-refractivity contribution in [2.24, 2.45) is 0 Å². The zero-order valence-electron chi connectivity index (χ0n) is 12.7. The molecule has 3 aromatic rings. The number of benzene rings is 1. The molecule has 24 heavy (non-hydrogen) atoms. The Morgan fingerprint density at radius 3 is 2.67 bits per heavy atom. The highest BCUT2D eigenvalue weighted by molar-refractivity contribution is 6.04. The van der Waals surface area contributed by atoms with E-state index in [1.807, 2.05) is 13.0 Å². The summed E-state index contributed by atoms with van der Waals surface area (Å²) in [6.45, 7) is 1.81. The number of hydrogen-bond donors (Lipinski definition) is 1. The van der Waals surface area contributed by atoms with Crippen LogP contribution in [-0.4, -0.2) is 20.9 Å². The summed E-state index contributed by atoms with van der Waals surface area (Å²) in [5.41, 5.74) is 0.880. The second-order valence-electron chi connectivity index (χ2n) is 4.97. The first-order valence-corrected chi connectivity index (χ1v) is 7.08. The van der Waals surface area contributed by atoms with E-state index in [2.05, 4.69) is 20.3 Å². The Hall–Kier alpha value is -3.35. The van der Waals surface area contributed by atoms with E-state index in [0.29, 0.717) is 11.6 Å². The topological polar surface area (TPSA) is 77.0 Å². The molecule has 0 aliphatic heterocycles. The summed E-state index contributed by atoms with van der Waals surface area (Å²) < 4.78 is 19.2. The van der Waals surface area contributed by atoms with Crippen molar-refractivity contribution >= 4 is 11.7 Å². The zero-order chi connectivity index (χ0) is 16.9. The van der Waals surface area contributed by atoms with Gasteiger partial charge in [-0.2, -0.15) is 0 Å². The number of halogens is 1. The van der Waals surface area contributed by atoms with Crippen LogP contribution in [0.4, 0.5) is 10.2 Å². The number of pyridine rings is 1. The molecule has 0 fully saturated rings. The number of aromatic nitrogens is 3. The SMILES string of the molecule is Cc1cccc(NC(=O)c2cc(F)cc(Oc3cncnc3)c2)n1. The molecule has 3 rings (SSSR count). The van der Waals surface area contributed by atoms with Crippen molar-refractivity contribution in [1.82, 2.24) is 15.0 Å². The summed E-state index contributed by atoms with van der Waals surface area (Å²) >= 11 is 0. The summed E-state index contributed by atoms with van der Waals surface area (Å²) in [6.07, 6.45) is 4.23. The second kappa shape index (κ2) is 6.82. The molecule has 0 unspecified atom stereocenters. The maximum Gasteiger partial charge on any atom is 0.257 e. The number of rotatable bonds is 4. The number of aryl methyl sites for hydroxylation is 1. The average Bonchev–Trinajstić information content (AvgIpc) is 2.55. The lowest BCUT2D eigenvalue weighted by Gasteiger charge is -2.08. The molecule has 0 aliphatic carbocycles. The van der Waals surface area contributed by atoms with E-state index in [1.54, 1.807) is 12.1 Å². The predicted octanol–water partition coefficient (Wildman–Crippen LogP) is 3.36. The lowest BCUT2D eigenvalue weighted by Crippen LogP contribution is -2.13. The molecule has 0 bridgehead atoms. The van der Waals surface area contributed by atoms with Gasteiger partial charge in [0.2, 0.25) is 0 Å². The van der Waals surface area contributed by atoms with Gasteiger partial charge < -0.3 is 10.1 Å². The Balaban J connectivity index is 1.81. The molecule has 2 aromatic heterocycles. The number of ether oxygens (including phenoxy) is 1. The van der Waals surface area contributed by atoms with Crippen molar-refractivity contribution in [3.8, 4) is 11.5 Å². The van der Waals surface area contributed by atoms with Gasteiger partial charge in [0, 0.05) is 17.3 Å². The van der Waals surface area contributed by atoms with Crippen molar-refractivity contribution in [1.29, 1.82) is 0 Å². The second-order valence-corrected chi connectivity index (χ2v) is 4.97. The van der Waals surface area contributed by atoms with Gasteiger partial charge in [0.05, 0.1) is 12.4 Å². The predicted molar refractivity (Wildman–Crippen MR) is 85.4 cm³/mol. The third kappa shape index (κ3) is 3.89. The van der Waals surface area contributed by atoms with Crippen LogP contribution < -0.4 is 10.1 Å². The van der Waals surface area contributed by atoms with Crippen molar-refractivity contribution in [2.45, 2.75) is 6.92 Å². The van der Waals surface area contributed by atoms with Crippen LogP contribution in [0.1, 0.15) is 16.1 Å². The third-order valence-electron chi connectivity index (χ3n) is 3.04. The Morgan fingerprint density at radius 2 is 1.92 bits per heavy atom. The smallest absolute Gasteiger partial charge is 0.257 e. The molecule has 7 heteroatoms. The number of carbonyl (C=O) groups is 1. The van der Waals surface area contributed by atoms with Gasteiger partial charge >= 0.3 is 0 Å². The van der Waals surface area contributed by atoms with Crippen LogP contribution in [0.15, 0.2) is 55.1 Å². The molecule has 0 saturated carbocycles. The molecular weight excluding hydrogens is 311 g/mol. The van der Waals surface area contributed by atoms with Gasteiger partial charge in [-0.3, -0.25) is 4.79 Å². The fourth-order valence-corrected chi connectivity index (χ4v) is 2.03. The van der Waals surface area contributed by atoms with Crippen molar-refractivity contribution < 1.29 is 13.9 Å². The Bertz CT molecular complexity index is 871. The van der Waals surface area contributed by atoms with E-state index in [-0.39, 0.29) is 11.3 Å². The maximum absolute atomic E-state index is 13.8. The summed E-state index contributed by atoms with van der Waals surface area (Å²) in [7, 11) is 0. The summed E-state index contributed by atoms with van der Waals surface area (Å²) in [6, 6.07) is 8.97. The standard InChI is InChI=1S/C17H13FN4O2/c1-11-3-2-4-16(21-11)22-17(23)12-5-13(18)7-14(6-12)24-15-8-19-10-20-9-15/h2-10H,1H3,(H,21,22,23). The van der Waals surface area contributed by atoms with Gasteiger partial charge in [-0.15, -0.1) is 0 Å². The van der Waals surface area contributed by atoms with Crippen LogP contribution >= 0.6 is 0 Å². The highest BCUT2D eigenvalue weighted by Gasteiger charge is 2.11. The molecule has 120 valence electrons. The molecule has 6 nitrogen and oxygen atoms in total. The largest absolute Gasteiger partial charge is 0.454 e. The van der Waals surface area contributed by atoms with Crippen molar-refractivity contribution in [2.75, 3.05) is 5.32 Å². The van der Waals surface area contributed by atoms with Crippen LogP contribution in [0, 0.1) is 12.7 Å². The molecule has 2 heterocycles. The first-order valence-electron chi connectivity index (χ1n) is 7.08. The Morgan fingerprint density at radius 1 is 1.12 bits per heavy atom. The summed E-state index contributed by atoms with van der Waals surface area (Å²) in [4.78, 5) is 24.1. The van der Waals surface area contributed by atoms with E-state index in [4.69, 9.17) is 4.74 Å².